The van der Waals surface area contributed by atoms with E-state index in [2.05, 4.69) is 176 Å². The van der Waals surface area contributed by atoms with Gasteiger partial charge < -0.3 is 9.32 Å². The Morgan fingerprint density at radius 3 is 1.07 bits per heavy atom. The van der Waals surface area contributed by atoms with Crippen molar-refractivity contribution in [3.05, 3.63) is 97.1 Å². The normalized spacial score (nSPS) is 11.4. The van der Waals surface area contributed by atoms with Crippen LogP contribution in [-0.4, -0.2) is 156 Å². The van der Waals surface area contributed by atoms with Crippen molar-refractivity contribution in [2.75, 3.05) is 4.90 Å². The summed E-state index contributed by atoms with van der Waals surface area (Å²) in [6.07, 6.45) is 0. The van der Waals surface area contributed by atoms with E-state index < -0.39 is 0 Å². The van der Waals surface area contributed by atoms with Gasteiger partial charge in [0.25, 0.3) is 0 Å². The fraction of sp³-hybridized carbons (Fsp3) is 0. The third-order valence-corrected chi connectivity index (χ3v) is 17.8. The Kier molecular flexibility index (Phi) is 13.3. The molecule has 336 valence electrons. The zero-order valence-corrected chi connectivity index (χ0v) is 46.9. The second kappa shape index (κ2) is 19.3. The number of benzene rings is 8. The number of furan rings is 1. The van der Waals surface area contributed by atoms with Gasteiger partial charge in [0.2, 0.25) is 0 Å². The van der Waals surface area contributed by atoms with E-state index in [9.17, 15) is 0 Å². The van der Waals surface area contributed by atoms with Crippen LogP contribution in [0, 0.1) is 0 Å². The summed E-state index contributed by atoms with van der Waals surface area (Å²) in [6, 6.07) is 33.1. The van der Waals surface area contributed by atoms with Crippen LogP contribution < -0.4 is 103 Å². The second-order valence-corrected chi connectivity index (χ2v) is 21.3. The highest BCUT2D eigenvalue weighted by Gasteiger charge is 2.31. The molecule has 0 amide bonds. The molecule has 0 saturated carbocycles. The molecule has 0 fully saturated rings. The van der Waals surface area contributed by atoms with Gasteiger partial charge in [-0.25, -0.2) is 15.0 Å². The zero-order valence-electron chi connectivity index (χ0n) is 46.9. The van der Waals surface area contributed by atoms with Gasteiger partial charge in [-0.15, -0.1) is 21.9 Å². The van der Waals surface area contributed by atoms with Gasteiger partial charge in [0.05, 0.1) is 5.56 Å². The number of hydrogen-bond donors (Lipinski definition) is 0. The minimum atomic E-state index is 0.565. The van der Waals surface area contributed by atoms with Crippen LogP contribution in [0.4, 0.5) is 17.1 Å². The molecule has 0 saturated heterocycles. The smallest absolute Gasteiger partial charge is 0.167 e. The molecule has 0 aliphatic heterocycles. The second-order valence-electron chi connectivity index (χ2n) is 21.3. The molecule has 2 heterocycles. The predicted molar refractivity (Wildman–Crippen MR) is 376 cm³/mol. The largest absolute Gasteiger partial charge is 0.455 e. The molecule has 0 atom stereocenters. The van der Waals surface area contributed by atoms with Gasteiger partial charge in [0.15, 0.2) is 17.5 Å². The van der Waals surface area contributed by atoms with Gasteiger partial charge in [-0.2, -0.15) is 0 Å². The van der Waals surface area contributed by atoms with Crippen LogP contribution in [0.5, 0.6) is 0 Å². The highest BCUT2D eigenvalue weighted by molar-refractivity contribution is 6.73. The van der Waals surface area contributed by atoms with Crippen molar-refractivity contribution in [1.82, 2.24) is 15.0 Å². The van der Waals surface area contributed by atoms with Gasteiger partial charge in [-0.1, -0.05) is 161 Å². The minimum absolute atomic E-state index is 0.565. The molecule has 23 heteroatoms. The van der Waals surface area contributed by atoms with Gasteiger partial charge in [-0.3, -0.25) is 0 Å². The molecule has 0 aliphatic rings. The quantitative estimate of drug-likeness (QED) is 0.142. The summed E-state index contributed by atoms with van der Waals surface area (Å²) in [5.41, 5.74) is 36.9. The third-order valence-electron chi connectivity index (χ3n) is 17.8. The minimum Gasteiger partial charge on any atom is -0.455 e. The first kappa shape index (κ1) is 51.0. The third kappa shape index (κ3) is 7.93. The monoisotopic (exact) mass is 935 g/mol. The number of hydrogen-bond acceptors (Lipinski definition) is 5. The van der Waals surface area contributed by atoms with Crippen LogP contribution in [0.1, 0.15) is 0 Å². The Balaban J connectivity index is 1.25. The Morgan fingerprint density at radius 1 is 0.297 bits per heavy atom. The Hall–Kier alpha value is -6.46. The highest BCUT2D eigenvalue weighted by atomic mass is 16.3. The molecule has 0 bridgehead atoms. The fourth-order valence-electron chi connectivity index (χ4n) is 12.2. The summed E-state index contributed by atoms with van der Waals surface area (Å²) in [4.78, 5) is 18.1. The van der Waals surface area contributed by atoms with E-state index in [1.54, 1.807) is 0 Å². The summed E-state index contributed by atoms with van der Waals surface area (Å²) in [7, 11) is 41.8. The SMILES string of the molecule is Bc1c(B)c(B)c(-c2c(B)c(B)c(N(c3c(B)c(B)c(B)c(B)c3B)c3c(B)c(B)c(-c4ccc(-c5nc(-c6ccccc6)nc(-c6ccccc6)n5)c5oc6ccccc6c45)c(B)c3B)c(B)c2B)c(B)c1B. The summed E-state index contributed by atoms with van der Waals surface area (Å²) in [5.74, 6) is 1.79. The fourth-order valence-corrected chi connectivity index (χ4v) is 12.2. The van der Waals surface area contributed by atoms with Crippen molar-refractivity contribution < 1.29 is 4.42 Å². The molecule has 5 nitrogen and oxygen atoms in total. The van der Waals surface area contributed by atoms with E-state index in [1.165, 1.54) is 132 Å². The lowest BCUT2D eigenvalue weighted by molar-refractivity contribution is 0.669. The molecule has 0 aliphatic carbocycles. The first-order valence-corrected chi connectivity index (χ1v) is 26.2. The topological polar surface area (TPSA) is 55.1 Å². The lowest BCUT2D eigenvalue weighted by Crippen LogP contribution is -2.59. The first-order valence-electron chi connectivity index (χ1n) is 26.2. The van der Waals surface area contributed by atoms with Crippen molar-refractivity contribution >= 4 is 279 Å². The van der Waals surface area contributed by atoms with Crippen LogP contribution in [0.25, 0.3) is 78.4 Å². The van der Waals surface area contributed by atoms with Gasteiger partial charge >= 0.3 is 0 Å². The molecule has 8 aromatic carbocycles. The van der Waals surface area contributed by atoms with Crippen molar-refractivity contribution in [3.8, 4) is 56.4 Å². The highest BCUT2D eigenvalue weighted by Crippen LogP contribution is 2.41. The van der Waals surface area contributed by atoms with Crippen molar-refractivity contribution in [2.24, 2.45) is 0 Å². The number of anilines is 3. The molecule has 10 aromatic rings. The van der Waals surface area contributed by atoms with E-state index in [1.807, 2.05) is 66.7 Å². The maximum atomic E-state index is 6.98. The lowest BCUT2D eigenvalue weighted by atomic mass is 9.56. The van der Waals surface area contributed by atoms with Crippen molar-refractivity contribution in [2.45, 2.75) is 0 Å². The maximum Gasteiger partial charge on any atom is 0.167 e. The summed E-state index contributed by atoms with van der Waals surface area (Å²) >= 11 is 0. The maximum absolute atomic E-state index is 6.98. The van der Waals surface area contributed by atoms with E-state index in [0.29, 0.717) is 17.5 Å². The number of para-hydroxylation sites is 1. The van der Waals surface area contributed by atoms with Crippen LogP contribution in [0.2, 0.25) is 0 Å². The number of nitrogens with zero attached hydrogens (tertiary/aromatic N) is 4. The van der Waals surface area contributed by atoms with E-state index in [-0.39, 0.29) is 0 Å². The van der Waals surface area contributed by atoms with Gasteiger partial charge in [0.1, 0.15) is 152 Å². The van der Waals surface area contributed by atoms with Crippen molar-refractivity contribution in [1.29, 1.82) is 0 Å². The van der Waals surface area contributed by atoms with E-state index in [0.717, 1.165) is 44.2 Å². The van der Waals surface area contributed by atoms with Gasteiger partial charge in [0, 0.05) is 39.0 Å². The molecular weight excluding hydrogens is 879 g/mol. The molecule has 0 unspecified atom stereocenters. The molecule has 0 radical (unpaired) electrons. The lowest BCUT2D eigenvalue weighted by Gasteiger charge is -2.39. The van der Waals surface area contributed by atoms with Crippen LogP contribution >= 0.6 is 0 Å². The van der Waals surface area contributed by atoms with Crippen LogP contribution in [-0.2, 0) is 0 Å². The number of rotatable bonds is 8. The molecule has 10 rings (SSSR count). The van der Waals surface area contributed by atoms with Crippen molar-refractivity contribution in [3.63, 3.8) is 0 Å². The zero-order chi connectivity index (χ0) is 52.9. The Bertz CT molecular complexity index is 3850. The number of fused-ring (bicyclic) bond motifs is 3. The standard InChI is InChI=1S/C51H52B18N4O/c52-27-24(20-15-16-21(48-23(20)19-13-7-8-14-22(19)74-48)51-71-49(17-9-3-1-4-10-17)70-50(72-51)18-11-5-2-6-12-18)28(53)40(65)45(39(27)64)73(47-43(68)37(62)36(61)38(63)44(47)69)46-41(66)31(56)26(32(57)42(46)67)25-29(54)33(58)35(60)34(59)30(25)55/h1-16H,52-69H2. The summed E-state index contributed by atoms with van der Waals surface area (Å²) in [5, 5.41) is 2.10. The Morgan fingerprint density at radius 2 is 0.622 bits per heavy atom. The average molecular weight is 932 g/mol. The van der Waals surface area contributed by atoms with E-state index in [4.69, 9.17) is 19.4 Å². The van der Waals surface area contributed by atoms with E-state index >= 15 is 0 Å². The number of aromatic nitrogens is 3. The first-order chi connectivity index (χ1) is 35.3. The molecule has 0 spiro atoms. The average Bonchev–Trinajstić information content (AvgIpc) is 3.81. The predicted octanol–water partition coefficient (Wildman–Crippen LogP) is -17.8. The van der Waals surface area contributed by atoms with Crippen LogP contribution in [0.15, 0.2) is 101 Å². The molecule has 0 N–H and O–H groups in total. The Labute approximate surface area is 453 Å². The molecule has 74 heavy (non-hydrogen) atoms. The summed E-state index contributed by atoms with van der Waals surface area (Å²) < 4.78 is 6.98. The van der Waals surface area contributed by atoms with Gasteiger partial charge in [-0.05, 0) is 34.4 Å². The summed E-state index contributed by atoms with van der Waals surface area (Å²) in [6.45, 7) is 0. The van der Waals surface area contributed by atoms with Crippen LogP contribution in [0.3, 0.4) is 0 Å². The molecule has 2 aromatic heterocycles. The molecular formula is C51H52B18N4O.